The van der Waals surface area contributed by atoms with Crippen molar-refractivity contribution in [1.29, 1.82) is 0 Å². The zero-order valence-corrected chi connectivity index (χ0v) is 9.76. The highest BCUT2D eigenvalue weighted by Gasteiger charge is 2.33. The van der Waals surface area contributed by atoms with Crippen molar-refractivity contribution in [1.82, 2.24) is 0 Å². The van der Waals surface area contributed by atoms with Gasteiger partial charge in [-0.3, -0.25) is 0 Å². The van der Waals surface area contributed by atoms with Crippen molar-refractivity contribution < 1.29 is 14.2 Å². The Morgan fingerprint density at radius 1 is 1.53 bits per heavy atom. The maximum atomic E-state index is 13.2. The second kappa shape index (κ2) is 4.20. The first kappa shape index (κ1) is 11.0. The van der Waals surface area contributed by atoms with E-state index in [0.29, 0.717) is 30.5 Å². The molecule has 1 aromatic rings. The minimum Gasteiger partial charge on any atom is -0.387 e. The molecule has 1 aromatic carbocycles. The highest BCUT2D eigenvalue weighted by Crippen LogP contribution is 2.28. The molecule has 1 atom stereocenters. The molecule has 0 aromatic heterocycles. The molecule has 1 aliphatic heterocycles. The topological polar surface area (TPSA) is 29.5 Å². The monoisotopic (exact) mass is 274 g/mol. The lowest BCUT2D eigenvalue weighted by atomic mass is 9.94. The molecule has 0 amide bonds. The quantitative estimate of drug-likeness (QED) is 0.897. The third kappa shape index (κ3) is 2.38. The van der Waals surface area contributed by atoms with Gasteiger partial charge in [0.05, 0.1) is 16.7 Å². The van der Waals surface area contributed by atoms with E-state index in [4.69, 9.17) is 4.74 Å². The fourth-order valence-electron chi connectivity index (χ4n) is 1.78. The maximum absolute atomic E-state index is 13.2. The van der Waals surface area contributed by atoms with Gasteiger partial charge in [0.15, 0.2) is 0 Å². The van der Waals surface area contributed by atoms with Crippen LogP contribution in [0.4, 0.5) is 4.39 Å². The van der Waals surface area contributed by atoms with Crippen molar-refractivity contribution in [3.05, 3.63) is 34.1 Å². The zero-order chi connectivity index (χ0) is 10.9. The molecule has 82 valence electrons. The van der Waals surface area contributed by atoms with Gasteiger partial charge < -0.3 is 9.84 Å². The van der Waals surface area contributed by atoms with E-state index in [2.05, 4.69) is 15.9 Å². The van der Waals surface area contributed by atoms with Gasteiger partial charge in [-0.05, 0) is 27.6 Å². The third-order valence-corrected chi connectivity index (χ3v) is 3.52. The van der Waals surface area contributed by atoms with Crippen LogP contribution in [-0.2, 0) is 11.2 Å². The van der Waals surface area contributed by atoms with Crippen LogP contribution in [0.1, 0.15) is 12.0 Å². The molecule has 4 heteroatoms. The Hall–Kier alpha value is -0.450. The fraction of sp³-hybridized carbons (Fsp3) is 0.455. The predicted octanol–water partition coefficient (Wildman–Crippen LogP) is 2.28. The van der Waals surface area contributed by atoms with Gasteiger partial charge in [0.1, 0.15) is 5.82 Å². The maximum Gasteiger partial charge on any atom is 0.137 e. The summed E-state index contributed by atoms with van der Waals surface area (Å²) < 4.78 is 18.8. The smallest absolute Gasteiger partial charge is 0.137 e. The highest BCUT2D eigenvalue weighted by molar-refractivity contribution is 9.10. The lowest BCUT2D eigenvalue weighted by molar-refractivity contribution is 0.0269. The molecule has 1 aliphatic rings. The summed E-state index contributed by atoms with van der Waals surface area (Å²) in [7, 11) is 0. The zero-order valence-electron chi connectivity index (χ0n) is 8.17. The molecule has 15 heavy (non-hydrogen) atoms. The van der Waals surface area contributed by atoms with E-state index in [-0.39, 0.29) is 5.82 Å². The van der Waals surface area contributed by atoms with Crippen molar-refractivity contribution >= 4 is 15.9 Å². The third-order valence-electron chi connectivity index (χ3n) is 2.63. The second-order valence-corrected chi connectivity index (χ2v) is 4.71. The van der Waals surface area contributed by atoms with Crippen molar-refractivity contribution in [3.8, 4) is 0 Å². The Labute approximate surface area is 96.2 Å². The molecule has 0 spiro atoms. The van der Waals surface area contributed by atoms with Crippen molar-refractivity contribution in [3.63, 3.8) is 0 Å². The van der Waals surface area contributed by atoms with E-state index in [1.165, 1.54) is 6.07 Å². The van der Waals surface area contributed by atoms with Crippen molar-refractivity contribution in [2.45, 2.75) is 18.4 Å². The van der Waals surface area contributed by atoms with E-state index in [0.717, 1.165) is 5.56 Å². The van der Waals surface area contributed by atoms with E-state index in [9.17, 15) is 9.50 Å². The summed E-state index contributed by atoms with van der Waals surface area (Å²) in [5.74, 6) is -0.296. The summed E-state index contributed by atoms with van der Waals surface area (Å²) in [6.07, 6.45) is 1.03. The molecule has 1 fully saturated rings. The van der Waals surface area contributed by atoms with E-state index < -0.39 is 5.60 Å². The van der Waals surface area contributed by atoms with Crippen LogP contribution in [0.5, 0.6) is 0 Å². The molecule has 2 rings (SSSR count). The van der Waals surface area contributed by atoms with Crippen LogP contribution in [0.2, 0.25) is 0 Å². The van der Waals surface area contributed by atoms with Gasteiger partial charge in [0.25, 0.3) is 0 Å². The standard InChI is InChI=1S/C11H12BrFO2/c12-10-8(2-1-3-9(10)13)6-11(14)4-5-15-7-11/h1-3,14H,4-7H2. The van der Waals surface area contributed by atoms with Crippen LogP contribution in [0, 0.1) is 5.82 Å². The summed E-state index contributed by atoms with van der Waals surface area (Å²) in [4.78, 5) is 0. The molecule has 0 aliphatic carbocycles. The summed E-state index contributed by atoms with van der Waals surface area (Å²) in [6.45, 7) is 0.902. The van der Waals surface area contributed by atoms with Crippen molar-refractivity contribution in [2.24, 2.45) is 0 Å². The lowest BCUT2D eigenvalue weighted by Crippen LogP contribution is -2.31. The van der Waals surface area contributed by atoms with Gasteiger partial charge >= 0.3 is 0 Å². The fourth-order valence-corrected chi connectivity index (χ4v) is 2.18. The normalized spacial score (nSPS) is 25.8. The van der Waals surface area contributed by atoms with Gasteiger partial charge in [-0.15, -0.1) is 0 Å². The second-order valence-electron chi connectivity index (χ2n) is 3.92. The summed E-state index contributed by atoms with van der Waals surface area (Å²) in [5.41, 5.74) is -0.0564. The number of ether oxygens (including phenoxy) is 1. The molecule has 1 unspecified atom stereocenters. The number of aliphatic hydroxyl groups is 1. The summed E-state index contributed by atoms with van der Waals surface area (Å²) >= 11 is 3.18. The van der Waals surface area contributed by atoms with Crippen LogP contribution in [0.15, 0.2) is 22.7 Å². The minimum absolute atomic E-state index is 0.296. The average molecular weight is 275 g/mol. The number of hydrogen-bond donors (Lipinski definition) is 1. The molecule has 1 N–H and O–H groups in total. The number of hydrogen-bond acceptors (Lipinski definition) is 2. The molecule has 0 saturated carbocycles. The molecular weight excluding hydrogens is 263 g/mol. The highest BCUT2D eigenvalue weighted by atomic mass is 79.9. The van der Waals surface area contributed by atoms with Gasteiger partial charge in [0, 0.05) is 19.4 Å². The van der Waals surface area contributed by atoms with E-state index in [1.807, 2.05) is 6.07 Å². The molecule has 2 nitrogen and oxygen atoms in total. The van der Waals surface area contributed by atoms with Gasteiger partial charge in [0.2, 0.25) is 0 Å². The molecule has 1 heterocycles. The number of halogens is 2. The number of rotatable bonds is 2. The van der Waals surface area contributed by atoms with E-state index >= 15 is 0 Å². The SMILES string of the molecule is OC1(Cc2cccc(F)c2Br)CCOC1. The van der Waals surface area contributed by atoms with Crippen molar-refractivity contribution in [2.75, 3.05) is 13.2 Å². The Morgan fingerprint density at radius 2 is 2.33 bits per heavy atom. The first-order chi connectivity index (χ1) is 7.11. The minimum atomic E-state index is -0.837. The molecule has 1 saturated heterocycles. The largest absolute Gasteiger partial charge is 0.387 e. The Bertz CT molecular complexity index is 362. The Balaban J connectivity index is 2.20. The van der Waals surface area contributed by atoms with Crippen LogP contribution in [0.25, 0.3) is 0 Å². The first-order valence-electron chi connectivity index (χ1n) is 4.84. The average Bonchev–Trinajstić information content (AvgIpc) is 2.60. The first-order valence-corrected chi connectivity index (χ1v) is 5.63. The predicted molar refractivity (Wildman–Crippen MR) is 58.2 cm³/mol. The lowest BCUT2D eigenvalue weighted by Gasteiger charge is -2.20. The van der Waals surface area contributed by atoms with Gasteiger partial charge in [-0.1, -0.05) is 12.1 Å². The Kier molecular flexibility index (Phi) is 3.09. The molecular formula is C11H12BrFO2. The van der Waals surface area contributed by atoms with Crippen LogP contribution in [-0.4, -0.2) is 23.9 Å². The van der Waals surface area contributed by atoms with Gasteiger partial charge in [-0.2, -0.15) is 0 Å². The van der Waals surface area contributed by atoms with Gasteiger partial charge in [-0.25, -0.2) is 4.39 Å². The van der Waals surface area contributed by atoms with E-state index in [1.54, 1.807) is 6.07 Å². The van der Waals surface area contributed by atoms with Crippen LogP contribution < -0.4 is 0 Å². The summed E-state index contributed by atoms with van der Waals surface area (Å²) in [5, 5.41) is 10.1. The number of benzene rings is 1. The Morgan fingerprint density at radius 3 is 3.00 bits per heavy atom. The molecule has 0 radical (unpaired) electrons. The van der Waals surface area contributed by atoms with Crippen LogP contribution >= 0.6 is 15.9 Å². The van der Waals surface area contributed by atoms with Crippen LogP contribution in [0.3, 0.4) is 0 Å². The summed E-state index contributed by atoms with van der Waals surface area (Å²) in [6, 6.07) is 4.85. The molecule has 0 bridgehead atoms.